The number of hydrogen-bond acceptors (Lipinski definition) is 3. The molecule has 1 N–H and O–H groups in total. The van der Waals surface area contributed by atoms with Crippen molar-refractivity contribution in [2.24, 2.45) is 0 Å². The van der Waals surface area contributed by atoms with Gasteiger partial charge in [0, 0.05) is 17.1 Å². The lowest BCUT2D eigenvalue weighted by molar-refractivity contribution is -0.141. The summed E-state index contributed by atoms with van der Waals surface area (Å²) in [5.74, 6) is -2.03. The molecule has 9 heteroatoms. The fourth-order valence-electron chi connectivity index (χ4n) is 2.49. The Morgan fingerprint density at radius 1 is 1.19 bits per heavy atom. The molecule has 2 rings (SSSR count). The van der Waals surface area contributed by atoms with Crippen LogP contribution < -0.4 is 5.32 Å². The molecule has 0 saturated carbocycles. The normalized spacial score (nSPS) is 12.6. The van der Waals surface area contributed by atoms with Crippen LogP contribution in [-0.4, -0.2) is 28.7 Å². The Morgan fingerprint density at radius 2 is 1.78 bits per heavy atom. The van der Waals surface area contributed by atoms with Gasteiger partial charge in [0.05, 0.1) is 5.56 Å². The van der Waals surface area contributed by atoms with Crippen molar-refractivity contribution in [3.63, 3.8) is 0 Å². The van der Waals surface area contributed by atoms with Crippen LogP contribution in [0, 0.1) is 19.7 Å². The predicted octanol–water partition coefficient (Wildman–Crippen LogP) is 3.99. The number of anilines is 1. The number of hydrogen-bond donors (Lipinski definition) is 1. The lowest BCUT2D eigenvalue weighted by Gasteiger charge is -2.14. The van der Waals surface area contributed by atoms with Crippen LogP contribution in [0.2, 0.25) is 0 Å². The molecule has 2 aromatic rings. The standard InChI is InChI=1S/C18H18F4N2O3/c1-10-8-15(11(2)24(10)9-18(20,21)22)17(26)27-12(3)16(25)23-14-6-4-13(19)5-7-14/h4-8,12H,9H2,1-3H3,(H,23,25)/t12-/m1/s1. The number of ether oxygens (including phenoxy) is 1. The van der Waals surface area contributed by atoms with Gasteiger partial charge in [-0.05, 0) is 51.1 Å². The van der Waals surface area contributed by atoms with E-state index in [2.05, 4.69) is 5.32 Å². The molecule has 0 aliphatic rings. The number of esters is 1. The number of aromatic nitrogens is 1. The molecule has 0 aliphatic heterocycles. The maximum atomic E-state index is 12.9. The van der Waals surface area contributed by atoms with E-state index in [4.69, 9.17) is 4.74 Å². The Hall–Kier alpha value is -2.84. The van der Waals surface area contributed by atoms with Gasteiger partial charge in [0.2, 0.25) is 0 Å². The monoisotopic (exact) mass is 386 g/mol. The second-order valence-electron chi connectivity index (χ2n) is 6.03. The second-order valence-corrected chi connectivity index (χ2v) is 6.03. The minimum atomic E-state index is -4.43. The Kier molecular flexibility index (Phi) is 5.92. The van der Waals surface area contributed by atoms with E-state index in [1.54, 1.807) is 0 Å². The molecule has 0 saturated heterocycles. The van der Waals surface area contributed by atoms with Crippen LogP contribution in [0.25, 0.3) is 0 Å². The molecule has 1 aromatic carbocycles. The summed E-state index contributed by atoms with van der Waals surface area (Å²) in [5.41, 5.74) is 0.618. The number of rotatable bonds is 5. The Balaban J connectivity index is 2.06. The number of alkyl halides is 3. The SMILES string of the molecule is Cc1cc(C(=O)O[C@H](C)C(=O)Nc2ccc(F)cc2)c(C)n1CC(F)(F)F. The van der Waals surface area contributed by atoms with E-state index in [1.807, 2.05) is 0 Å². The topological polar surface area (TPSA) is 60.3 Å². The zero-order chi connectivity index (χ0) is 20.4. The average molecular weight is 386 g/mol. The first-order valence-electron chi connectivity index (χ1n) is 7.99. The van der Waals surface area contributed by atoms with Crippen molar-refractivity contribution in [1.82, 2.24) is 4.57 Å². The zero-order valence-electron chi connectivity index (χ0n) is 14.9. The van der Waals surface area contributed by atoms with Crippen molar-refractivity contribution in [3.8, 4) is 0 Å². The van der Waals surface area contributed by atoms with E-state index >= 15 is 0 Å². The van der Waals surface area contributed by atoms with Gasteiger partial charge >= 0.3 is 12.1 Å². The van der Waals surface area contributed by atoms with Crippen LogP contribution in [0.5, 0.6) is 0 Å². The lowest BCUT2D eigenvalue weighted by Crippen LogP contribution is -2.30. The summed E-state index contributed by atoms with van der Waals surface area (Å²) in [6.45, 7) is 2.92. The zero-order valence-corrected chi connectivity index (χ0v) is 14.9. The molecule has 1 amide bonds. The summed E-state index contributed by atoms with van der Waals surface area (Å²) in [6, 6.07) is 6.27. The van der Waals surface area contributed by atoms with Gasteiger partial charge in [-0.3, -0.25) is 4.79 Å². The summed E-state index contributed by atoms with van der Waals surface area (Å²) in [6.07, 6.45) is -5.63. The molecule has 146 valence electrons. The van der Waals surface area contributed by atoms with Crippen molar-refractivity contribution in [1.29, 1.82) is 0 Å². The van der Waals surface area contributed by atoms with Crippen LogP contribution in [0.4, 0.5) is 23.2 Å². The van der Waals surface area contributed by atoms with Gasteiger partial charge < -0.3 is 14.6 Å². The third-order valence-electron chi connectivity index (χ3n) is 3.90. The van der Waals surface area contributed by atoms with Gasteiger partial charge in [0.1, 0.15) is 12.4 Å². The molecule has 0 aliphatic carbocycles. The molecule has 0 radical (unpaired) electrons. The minimum Gasteiger partial charge on any atom is -0.449 e. The fourth-order valence-corrected chi connectivity index (χ4v) is 2.49. The number of nitrogens with zero attached hydrogens (tertiary/aromatic N) is 1. The van der Waals surface area contributed by atoms with E-state index < -0.39 is 36.5 Å². The number of benzene rings is 1. The summed E-state index contributed by atoms with van der Waals surface area (Å²) < 4.78 is 56.8. The number of carbonyl (C=O) groups excluding carboxylic acids is 2. The maximum Gasteiger partial charge on any atom is 0.406 e. The molecular formula is C18H18F4N2O3. The fraction of sp³-hybridized carbons (Fsp3) is 0.333. The van der Waals surface area contributed by atoms with Crippen LogP contribution in [0.1, 0.15) is 28.7 Å². The van der Waals surface area contributed by atoms with Gasteiger partial charge in [0.25, 0.3) is 5.91 Å². The highest BCUT2D eigenvalue weighted by molar-refractivity contribution is 5.97. The van der Waals surface area contributed by atoms with E-state index in [0.717, 1.165) is 16.7 Å². The van der Waals surface area contributed by atoms with Gasteiger partial charge in [-0.25, -0.2) is 9.18 Å². The van der Waals surface area contributed by atoms with Gasteiger partial charge in [-0.15, -0.1) is 0 Å². The van der Waals surface area contributed by atoms with Crippen molar-refractivity contribution < 1.29 is 31.9 Å². The molecular weight excluding hydrogens is 368 g/mol. The second kappa shape index (κ2) is 7.81. The van der Waals surface area contributed by atoms with E-state index in [-0.39, 0.29) is 17.0 Å². The average Bonchev–Trinajstić information content (AvgIpc) is 2.83. The largest absolute Gasteiger partial charge is 0.449 e. The Morgan fingerprint density at radius 3 is 2.33 bits per heavy atom. The third kappa shape index (κ3) is 5.32. The number of aryl methyl sites for hydroxylation is 1. The summed E-state index contributed by atoms with van der Waals surface area (Å²) >= 11 is 0. The quantitative estimate of drug-likeness (QED) is 0.624. The highest BCUT2D eigenvalue weighted by Gasteiger charge is 2.31. The molecule has 27 heavy (non-hydrogen) atoms. The van der Waals surface area contributed by atoms with Crippen molar-refractivity contribution in [2.75, 3.05) is 5.32 Å². The molecule has 0 unspecified atom stereocenters. The molecule has 0 spiro atoms. The molecule has 5 nitrogen and oxygen atoms in total. The van der Waals surface area contributed by atoms with Gasteiger partial charge in [-0.2, -0.15) is 13.2 Å². The molecule has 0 bridgehead atoms. The summed E-state index contributed by atoms with van der Waals surface area (Å²) in [4.78, 5) is 24.3. The first-order valence-corrected chi connectivity index (χ1v) is 7.99. The lowest BCUT2D eigenvalue weighted by atomic mass is 10.2. The number of amides is 1. The van der Waals surface area contributed by atoms with E-state index in [9.17, 15) is 27.2 Å². The Bertz CT molecular complexity index is 842. The van der Waals surface area contributed by atoms with Crippen LogP contribution in [0.3, 0.4) is 0 Å². The first-order chi connectivity index (χ1) is 12.5. The molecule has 1 heterocycles. The van der Waals surface area contributed by atoms with Crippen LogP contribution >= 0.6 is 0 Å². The molecule has 0 fully saturated rings. The molecule has 1 aromatic heterocycles. The Labute approximate surface area is 152 Å². The van der Waals surface area contributed by atoms with E-state index in [0.29, 0.717) is 5.69 Å². The van der Waals surface area contributed by atoms with Crippen LogP contribution in [0.15, 0.2) is 30.3 Å². The highest BCUT2D eigenvalue weighted by atomic mass is 19.4. The van der Waals surface area contributed by atoms with Crippen LogP contribution in [-0.2, 0) is 16.1 Å². The molecule has 1 atom stereocenters. The predicted molar refractivity (Wildman–Crippen MR) is 89.9 cm³/mol. The minimum absolute atomic E-state index is 0.0433. The summed E-state index contributed by atoms with van der Waals surface area (Å²) in [7, 11) is 0. The number of nitrogens with one attached hydrogen (secondary N) is 1. The van der Waals surface area contributed by atoms with Gasteiger partial charge in [-0.1, -0.05) is 0 Å². The van der Waals surface area contributed by atoms with E-state index in [1.165, 1.54) is 39.0 Å². The number of carbonyl (C=O) groups is 2. The maximum absolute atomic E-state index is 12.9. The smallest absolute Gasteiger partial charge is 0.406 e. The van der Waals surface area contributed by atoms with Crippen molar-refractivity contribution >= 4 is 17.6 Å². The van der Waals surface area contributed by atoms with Gasteiger partial charge in [0.15, 0.2) is 6.10 Å². The first kappa shape index (κ1) is 20.5. The van der Waals surface area contributed by atoms with Crippen molar-refractivity contribution in [2.45, 2.75) is 39.6 Å². The van der Waals surface area contributed by atoms with Crippen molar-refractivity contribution in [3.05, 3.63) is 53.1 Å². The number of halogens is 4. The third-order valence-corrected chi connectivity index (χ3v) is 3.90. The summed E-state index contributed by atoms with van der Waals surface area (Å²) in [5, 5.41) is 2.45. The highest BCUT2D eigenvalue weighted by Crippen LogP contribution is 2.24.